The van der Waals surface area contributed by atoms with E-state index < -0.39 is 114 Å². The molecule has 13 rings (SSSR count). The fraction of sp³-hybridized carbons (Fsp3) is 0.462. The van der Waals surface area contributed by atoms with E-state index in [0.717, 1.165) is 165 Å². The number of hydrogen-bond acceptors (Lipinski definition) is 26. The molecule has 5 aromatic heterocycles. The molecule has 748 valence electrons. The fourth-order valence-electron chi connectivity index (χ4n) is 16.3. The summed E-state index contributed by atoms with van der Waals surface area (Å²) in [5.74, 6) is -2.23. The molecule has 0 unspecified atom stereocenters. The van der Waals surface area contributed by atoms with Gasteiger partial charge in [-0.3, -0.25) is 37.9 Å². The summed E-state index contributed by atoms with van der Waals surface area (Å²) in [5, 5.41) is 47.5. The number of aliphatic hydroxyl groups is 2. The van der Waals surface area contributed by atoms with Crippen molar-refractivity contribution in [1.29, 1.82) is 0 Å². The van der Waals surface area contributed by atoms with Gasteiger partial charge in [-0.2, -0.15) is 54.1 Å². The predicted molar refractivity (Wildman–Crippen MR) is 511 cm³/mol. The average molecular weight is 1990 g/mol. The number of halogens is 1. The van der Waals surface area contributed by atoms with Gasteiger partial charge in [0.2, 0.25) is 5.88 Å². The Bertz CT molecular complexity index is 6420. The van der Waals surface area contributed by atoms with Gasteiger partial charge in [-0.05, 0) is 200 Å². The number of pyridine rings is 1. The van der Waals surface area contributed by atoms with Crippen LogP contribution in [-0.2, 0) is 129 Å². The number of nitrogens with zero attached hydrogens (tertiary/aromatic N) is 11. The summed E-state index contributed by atoms with van der Waals surface area (Å²) in [6, 6.07) is 16.6. The molecule has 42 nitrogen and oxygen atoms in total. The van der Waals surface area contributed by atoms with Crippen molar-refractivity contribution in [1.82, 2.24) is 83.4 Å². The van der Waals surface area contributed by atoms with Crippen LogP contribution in [0.2, 0.25) is 0 Å². The average Bonchev–Trinajstić information content (AvgIpc) is 1.61. The molecular weight excluding hydrogens is 1870 g/mol. The molecule has 4 aliphatic rings. The molecule has 0 spiro atoms. The SMILES string of the molecule is CC(C)c1cccc(C(C)C)c1NC(=O)NS(=O)(=O)c1cc(C(=O)N(C)CCO)n(C)n1.CCCN(CCOC)C(=O)c1cc(S(=O)(=O)NC(=O)Nc2c(-c3ccnc(OC(C)C)c3)cc(F)cc2C(C)C)nn1C.COCCNC(=O)c1cc(S(=O)(=O)NC(=O)Nc2c3c(cc4c2CCC4)CCC3)nn1C.Cn1nc(S(=O)(=O)NC(=O)Nc2c3c(cc4c2CCC4)CCC3)cc1C(=O)NCCO. The van der Waals surface area contributed by atoms with Crippen LogP contribution in [-0.4, -0.2) is 232 Å². The Kier molecular flexibility index (Phi) is 36.5. The number of amides is 12. The molecule has 0 saturated heterocycles. The number of urea groups is 4. The summed E-state index contributed by atoms with van der Waals surface area (Å²) in [4.78, 5) is 108. The molecular formula is C91H122FN21O21S4. The minimum atomic E-state index is -4.50. The number of carbonyl (C=O) groups is 8. The van der Waals surface area contributed by atoms with Gasteiger partial charge in [0.05, 0.1) is 38.2 Å². The van der Waals surface area contributed by atoms with Crippen LogP contribution < -0.4 is 55.5 Å². The minimum Gasteiger partial charge on any atom is -0.475 e. The summed E-state index contributed by atoms with van der Waals surface area (Å²) in [6.07, 6.45) is 13.4. The third-order valence-electron chi connectivity index (χ3n) is 22.9. The summed E-state index contributed by atoms with van der Waals surface area (Å²) in [7, 11) is -7.13. The first kappa shape index (κ1) is 107. The number of nitrogens with one attached hydrogen (secondary N) is 10. The third kappa shape index (κ3) is 26.8. The number of para-hydroxylation sites is 1. The predicted octanol–water partition coefficient (Wildman–Crippen LogP) is 8.70. The van der Waals surface area contributed by atoms with Crippen molar-refractivity contribution in [3.63, 3.8) is 0 Å². The highest BCUT2D eigenvalue weighted by Crippen LogP contribution is 2.42. The van der Waals surface area contributed by atoms with Crippen LogP contribution in [0.1, 0.15) is 215 Å². The van der Waals surface area contributed by atoms with Crippen LogP contribution in [0, 0.1) is 5.82 Å². The maximum absolute atomic E-state index is 14.8. The first-order valence-corrected chi connectivity index (χ1v) is 50.9. The van der Waals surface area contributed by atoms with Crippen molar-refractivity contribution in [2.45, 2.75) is 190 Å². The van der Waals surface area contributed by atoms with E-state index in [1.165, 1.54) is 99.8 Å². The number of carbonyl (C=O) groups excluding carboxylic acids is 8. The number of aromatic nitrogens is 9. The van der Waals surface area contributed by atoms with Crippen molar-refractivity contribution in [2.24, 2.45) is 28.2 Å². The van der Waals surface area contributed by atoms with Gasteiger partial charge in [0.1, 0.15) is 28.6 Å². The van der Waals surface area contributed by atoms with E-state index in [1.54, 1.807) is 12.1 Å². The summed E-state index contributed by atoms with van der Waals surface area (Å²) < 4.78 is 146. The zero-order chi connectivity index (χ0) is 101. The van der Waals surface area contributed by atoms with Gasteiger partial charge >= 0.3 is 24.1 Å². The number of benzene rings is 4. The van der Waals surface area contributed by atoms with Crippen LogP contribution in [0.5, 0.6) is 5.88 Å². The van der Waals surface area contributed by atoms with Crippen LogP contribution >= 0.6 is 0 Å². The van der Waals surface area contributed by atoms with Crippen molar-refractivity contribution in [2.75, 3.05) is 102 Å². The zero-order valence-electron chi connectivity index (χ0n) is 80.0. The molecule has 0 bridgehead atoms. The summed E-state index contributed by atoms with van der Waals surface area (Å²) in [5.41, 5.74) is 14.7. The first-order chi connectivity index (χ1) is 65.2. The molecule has 9 aromatic rings. The standard InChI is InChI=1S/C29H39FN6O6S.C21H27N5O5S.C21H31N5O5S.C20H25N5O5S/c1-8-11-36(12-13-41-7)28(37)24-17-26(33-35(24)6)43(39,40)34-29(38)32-27-22(18(2)3)15-21(30)16-23(27)20-9-10-31-25(14-20)42-19(4)5;1-26-17(20(27)22-9-10-31-2)12-18(24-26)32(29,30)25-21(28)23-19-15-7-3-5-13(15)11-14-6-4-8-16(14)19;1-13(2)15-8-7-9-16(14(3)4)19(15)22-21(29)24-32(30,31)18-12-17(26(6)23-18)20(28)25(5)10-11-27;1-25-16(19(27)21-8-9-26)11-17(23-25)31(29,30)24-20(28)22-18-14-6-2-4-12(14)10-13-5-3-7-15(13)18/h9-10,14-19H,8,11-13H2,1-7H3,(H2,32,34,38);11-12H,3-10H2,1-2H3,(H,22,27)(H2,23,25,28);7-9,12-14,27H,10-11H2,1-6H3,(H2,22,24,29);10-11,26H,2-9H2,1H3,(H,21,27)(H2,22,24,28). The van der Waals surface area contributed by atoms with Gasteiger partial charge in [0.15, 0.2) is 20.1 Å². The van der Waals surface area contributed by atoms with Gasteiger partial charge in [0.25, 0.3) is 63.7 Å². The van der Waals surface area contributed by atoms with E-state index in [0.29, 0.717) is 61.0 Å². The molecule has 138 heavy (non-hydrogen) atoms. The molecule has 0 aliphatic heterocycles. The third-order valence-corrected chi connectivity index (χ3v) is 27.7. The van der Waals surface area contributed by atoms with E-state index >= 15 is 0 Å². The van der Waals surface area contributed by atoms with E-state index in [1.807, 2.05) is 99.4 Å². The Morgan fingerprint density at radius 1 is 0.449 bits per heavy atom. The Labute approximate surface area is 801 Å². The molecule has 0 radical (unpaired) electrons. The molecule has 0 fully saturated rings. The van der Waals surface area contributed by atoms with E-state index in [2.05, 4.69) is 69.4 Å². The number of rotatable bonds is 34. The molecule has 47 heteroatoms. The number of hydrogen-bond donors (Lipinski definition) is 12. The highest BCUT2D eigenvalue weighted by molar-refractivity contribution is 7.90. The molecule has 12 N–H and O–H groups in total. The maximum atomic E-state index is 14.8. The molecule has 4 aromatic carbocycles. The largest absolute Gasteiger partial charge is 0.475 e. The highest BCUT2D eigenvalue weighted by Gasteiger charge is 2.35. The Morgan fingerprint density at radius 2 is 0.833 bits per heavy atom. The van der Waals surface area contributed by atoms with E-state index in [-0.39, 0.29) is 85.2 Å². The van der Waals surface area contributed by atoms with Crippen molar-refractivity contribution < 1.29 is 101 Å². The number of ether oxygens (including phenoxy) is 3. The fourth-order valence-corrected chi connectivity index (χ4v) is 19.9. The van der Waals surface area contributed by atoms with Gasteiger partial charge in [-0.15, -0.1) is 0 Å². The quantitative estimate of drug-likeness (QED) is 0.0168. The first-order valence-electron chi connectivity index (χ1n) is 45.0. The molecule has 4 aliphatic carbocycles. The molecule has 0 saturated carbocycles. The van der Waals surface area contributed by atoms with Crippen LogP contribution in [0.3, 0.4) is 0 Å². The van der Waals surface area contributed by atoms with Gasteiger partial charge in [-0.1, -0.05) is 78.8 Å². The molecule has 5 heterocycles. The number of anilines is 4. The lowest BCUT2D eigenvalue weighted by molar-refractivity contribution is 0.0684. The lowest BCUT2D eigenvalue weighted by Gasteiger charge is -2.21. The number of likely N-dealkylation sites (N-methyl/N-ethyl adjacent to an activating group) is 1. The highest BCUT2D eigenvalue weighted by atomic mass is 32.2. The number of fused-ring (bicyclic) bond motifs is 4. The van der Waals surface area contributed by atoms with Crippen molar-refractivity contribution in [3.8, 4) is 17.0 Å². The summed E-state index contributed by atoms with van der Waals surface area (Å²) in [6.45, 7) is 18.5. The number of aryl methyl sites for hydroxylation is 8. The van der Waals surface area contributed by atoms with Gasteiger partial charge < -0.3 is 66.1 Å². The summed E-state index contributed by atoms with van der Waals surface area (Å²) >= 11 is 0. The van der Waals surface area contributed by atoms with Crippen molar-refractivity contribution in [3.05, 3.63) is 175 Å². The monoisotopic (exact) mass is 1990 g/mol. The van der Waals surface area contributed by atoms with Crippen LogP contribution in [0.4, 0.5) is 46.3 Å². The molecule has 12 amide bonds. The van der Waals surface area contributed by atoms with Crippen molar-refractivity contribution >= 4 is 111 Å². The van der Waals surface area contributed by atoms with Gasteiger partial charge in [0, 0.05) is 141 Å². The Balaban J connectivity index is 0.000000191. The Hall–Kier alpha value is -12.8. The lowest BCUT2D eigenvalue weighted by Crippen LogP contribution is -2.35. The second kappa shape index (κ2) is 47.0. The van der Waals surface area contributed by atoms with Gasteiger partial charge in [-0.25, -0.2) is 47.4 Å². The molecule has 0 atom stereocenters. The van der Waals surface area contributed by atoms with E-state index in [4.69, 9.17) is 24.4 Å². The minimum absolute atomic E-state index is 0.00654. The smallest absolute Gasteiger partial charge is 0.333 e. The second-order valence-corrected chi connectivity index (χ2v) is 40.9. The van der Waals surface area contributed by atoms with Crippen LogP contribution in [0.25, 0.3) is 11.1 Å². The number of sulfonamides is 4. The van der Waals surface area contributed by atoms with Crippen LogP contribution in [0.15, 0.2) is 105 Å². The van der Waals surface area contributed by atoms with E-state index in [9.17, 15) is 76.4 Å². The second-order valence-electron chi connectivity index (χ2n) is 34.4. The number of aliphatic hydroxyl groups excluding tert-OH is 2. The normalized spacial score (nSPS) is 13.0. The zero-order valence-corrected chi connectivity index (χ0v) is 83.3. The number of methoxy groups -OCH3 is 2. The lowest BCUT2D eigenvalue weighted by atomic mass is 9.93. The topological polar surface area (TPSA) is 552 Å². The maximum Gasteiger partial charge on any atom is 0.333 e. The Morgan fingerprint density at radius 3 is 1.22 bits per heavy atom.